The van der Waals surface area contributed by atoms with Crippen molar-refractivity contribution in [2.24, 2.45) is 10.7 Å². The minimum atomic E-state index is -0.984. The summed E-state index contributed by atoms with van der Waals surface area (Å²) in [6, 6.07) is -0.744. The second-order valence-corrected chi connectivity index (χ2v) is 5.79. The summed E-state index contributed by atoms with van der Waals surface area (Å²) in [6.07, 6.45) is -2.45. The first-order valence-electron chi connectivity index (χ1n) is 5.60. The first-order chi connectivity index (χ1) is 7.91. The third-order valence-electron chi connectivity index (χ3n) is 2.99. The van der Waals surface area contributed by atoms with Crippen LogP contribution < -0.4 is 5.73 Å². The van der Waals surface area contributed by atoms with Crippen LogP contribution in [0.15, 0.2) is 4.99 Å². The minimum absolute atomic E-state index is 0.262. The highest BCUT2D eigenvalue weighted by Crippen LogP contribution is 2.37. The Morgan fingerprint density at radius 1 is 1.41 bits per heavy atom. The van der Waals surface area contributed by atoms with Crippen LogP contribution in [0.1, 0.15) is 6.92 Å². The molecule has 98 valence electrons. The van der Waals surface area contributed by atoms with Crippen molar-refractivity contribution in [2.75, 3.05) is 14.1 Å². The number of nitrogens with two attached hydrogens (primary N) is 1. The first kappa shape index (κ1) is 13.1. The molecule has 0 bridgehead atoms. The zero-order valence-corrected chi connectivity index (χ0v) is 11.0. The summed E-state index contributed by atoms with van der Waals surface area (Å²) >= 11 is 1.46. The van der Waals surface area contributed by atoms with Crippen molar-refractivity contribution in [3.05, 3.63) is 0 Å². The molecule has 2 rings (SSSR count). The molecule has 0 aromatic rings. The molecule has 7 heteroatoms. The van der Waals surface area contributed by atoms with Crippen LogP contribution in [0, 0.1) is 0 Å². The number of rotatable bonds is 1. The van der Waals surface area contributed by atoms with Crippen LogP contribution in [-0.4, -0.2) is 70.2 Å². The maximum Gasteiger partial charge on any atom is 0.161 e. The van der Waals surface area contributed by atoms with Gasteiger partial charge >= 0.3 is 0 Å². The van der Waals surface area contributed by atoms with Crippen LogP contribution in [-0.2, 0) is 4.74 Å². The monoisotopic (exact) mass is 261 g/mol. The Labute approximate surface area is 105 Å². The van der Waals surface area contributed by atoms with Gasteiger partial charge in [-0.1, -0.05) is 11.8 Å². The van der Waals surface area contributed by atoms with Gasteiger partial charge in [-0.3, -0.25) is 4.99 Å². The van der Waals surface area contributed by atoms with Gasteiger partial charge in [-0.2, -0.15) is 0 Å². The molecular formula is C10H19N3O3S. The first-order valence-corrected chi connectivity index (χ1v) is 6.48. The van der Waals surface area contributed by atoms with Gasteiger partial charge in [-0.05, 0) is 6.92 Å². The lowest BCUT2D eigenvalue weighted by Crippen LogP contribution is -2.59. The highest BCUT2D eigenvalue weighted by atomic mass is 32.2. The summed E-state index contributed by atoms with van der Waals surface area (Å²) in [7, 11) is 3.77. The van der Waals surface area contributed by atoms with Crippen molar-refractivity contribution in [3.8, 4) is 0 Å². The summed E-state index contributed by atoms with van der Waals surface area (Å²) in [5.41, 5.74) is 5.48. The van der Waals surface area contributed by atoms with Gasteiger partial charge in [0.25, 0.3) is 0 Å². The van der Waals surface area contributed by atoms with Crippen molar-refractivity contribution in [2.45, 2.75) is 42.8 Å². The molecule has 2 aliphatic heterocycles. The van der Waals surface area contributed by atoms with E-state index in [9.17, 15) is 10.2 Å². The molecule has 0 aliphatic carbocycles. The number of hydrogen-bond acceptors (Lipinski definition) is 7. The van der Waals surface area contributed by atoms with Crippen LogP contribution in [0.4, 0.5) is 0 Å². The molecule has 1 saturated heterocycles. The number of aliphatic hydroxyl groups is 2. The highest BCUT2D eigenvalue weighted by Gasteiger charge is 2.49. The molecule has 0 spiro atoms. The molecule has 0 radical (unpaired) electrons. The van der Waals surface area contributed by atoms with Gasteiger partial charge in [0.1, 0.15) is 29.8 Å². The topological polar surface area (TPSA) is 91.3 Å². The fourth-order valence-corrected chi connectivity index (χ4v) is 3.17. The van der Waals surface area contributed by atoms with E-state index in [0.29, 0.717) is 0 Å². The van der Waals surface area contributed by atoms with Crippen molar-refractivity contribution < 1.29 is 14.9 Å². The van der Waals surface area contributed by atoms with Gasteiger partial charge < -0.3 is 25.6 Å². The Kier molecular flexibility index (Phi) is 3.65. The number of aliphatic hydroxyl groups excluding tert-OH is 2. The normalized spacial score (nSPS) is 42.9. The smallest absolute Gasteiger partial charge is 0.161 e. The van der Waals surface area contributed by atoms with E-state index in [0.717, 1.165) is 5.17 Å². The molecule has 4 N–H and O–H groups in total. The van der Waals surface area contributed by atoms with Crippen molar-refractivity contribution in [3.63, 3.8) is 0 Å². The molecule has 2 aliphatic rings. The van der Waals surface area contributed by atoms with Crippen molar-refractivity contribution >= 4 is 16.9 Å². The summed E-state index contributed by atoms with van der Waals surface area (Å²) in [5.74, 6) is 0. The number of aliphatic imine (C=N–C) groups is 1. The maximum absolute atomic E-state index is 10.0. The standard InChI is InChI=1S/C10H19N3O3S/c1-4(11)8-7(15)6(14)5-9(16-8)17-10(12-5)13(2)3/h4-9,14-15H,11H2,1-3H3/t4?,5-,6-,7+,8-,9-/m1/s1. The van der Waals surface area contributed by atoms with Crippen LogP contribution in [0.25, 0.3) is 0 Å². The summed E-state index contributed by atoms with van der Waals surface area (Å²) in [6.45, 7) is 1.76. The van der Waals surface area contributed by atoms with Gasteiger partial charge in [0.2, 0.25) is 0 Å². The number of thioether (sulfide) groups is 1. The van der Waals surface area contributed by atoms with Crippen molar-refractivity contribution in [1.29, 1.82) is 0 Å². The predicted molar refractivity (Wildman–Crippen MR) is 66.8 cm³/mol. The van der Waals surface area contributed by atoms with E-state index in [1.165, 1.54) is 11.8 Å². The van der Waals surface area contributed by atoms with E-state index >= 15 is 0 Å². The largest absolute Gasteiger partial charge is 0.388 e. The van der Waals surface area contributed by atoms with Gasteiger partial charge in [0.15, 0.2) is 5.17 Å². The summed E-state index contributed by atoms with van der Waals surface area (Å²) < 4.78 is 5.72. The summed E-state index contributed by atoms with van der Waals surface area (Å²) in [5, 5.41) is 20.8. The van der Waals surface area contributed by atoms with E-state index in [1.54, 1.807) is 6.92 Å². The maximum atomic E-state index is 10.0. The van der Waals surface area contributed by atoms with Gasteiger partial charge in [0.05, 0.1) is 0 Å². The zero-order valence-electron chi connectivity index (χ0n) is 10.1. The van der Waals surface area contributed by atoms with E-state index in [-0.39, 0.29) is 11.5 Å². The molecule has 6 nitrogen and oxygen atoms in total. The average molecular weight is 261 g/mol. The molecule has 1 fully saturated rings. The number of fused-ring (bicyclic) bond motifs is 1. The Bertz CT molecular complexity index is 324. The molecule has 0 amide bonds. The molecule has 0 aromatic heterocycles. The predicted octanol–water partition coefficient (Wildman–Crippen LogP) is -1.19. The molecule has 2 heterocycles. The fourth-order valence-electron chi connectivity index (χ4n) is 2.03. The molecular weight excluding hydrogens is 242 g/mol. The Hall–Kier alpha value is -0.340. The summed E-state index contributed by atoms with van der Waals surface area (Å²) in [4.78, 5) is 6.23. The Morgan fingerprint density at radius 3 is 2.59 bits per heavy atom. The van der Waals surface area contributed by atoms with Crippen LogP contribution in [0.3, 0.4) is 0 Å². The van der Waals surface area contributed by atoms with E-state index in [1.807, 2.05) is 19.0 Å². The highest BCUT2D eigenvalue weighted by molar-refractivity contribution is 8.14. The third kappa shape index (κ3) is 2.30. The van der Waals surface area contributed by atoms with Gasteiger partial charge in [-0.25, -0.2) is 0 Å². The number of hydrogen-bond donors (Lipinski definition) is 3. The molecule has 6 atom stereocenters. The van der Waals surface area contributed by atoms with Gasteiger partial charge in [0, 0.05) is 20.1 Å². The lowest BCUT2D eigenvalue weighted by Gasteiger charge is -2.39. The van der Waals surface area contributed by atoms with E-state index in [2.05, 4.69) is 4.99 Å². The number of nitrogens with zero attached hydrogens (tertiary/aromatic N) is 2. The third-order valence-corrected chi connectivity index (χ3v) is 4.29. The quantitative estimate of drug-likeness (QED) is 0.550. The van der Waals surface area contributed by atoms with E-state index < -0.39 is 24.4 Å². The minimum Gasteiger partial charge on any atom is -0.388 e. The Morgan fingerprint density at radius 2 is 2.06 bits per heavy atom. The lowest BCUT2D eigenvalue weighted by atomic mass is 9.95. The van der Waals surface area contributed by atoms with Crippen LogP contribution in [0.2, 0.25) is 0 Å². The molecule has 0 saturated carbocycles. The zero-order chi connectivity index (χ0) is 12.7. The van der Waals surface area contributed by atoms with Crippen LogP contribution in [0.5, 0.6) is 0 Å². The SMILES string of the molecule is CC(N)[C@H]1O[C@@H]2SC(N(C)C)=N[C@@H]2[C@@H](O)[C@@H]1O. The molecule has 17 heavy (non-hydrogen) atoms. The molecule has 1 unspecified atom stereocenters. The average Bonchev–Trinajstić information content (AvgIpc) is 2.67. The van der Waals surface area contributed by atoms with Gasteiger partial charge in [-0.15, -0.1) is 0 Å². The molecule has 0 aromatic carbocycles. The Balaban J connectivity index is 2.15. The van der Waals surface area contributed by atoms with E-state index in [4.69, 9.17) is 10.5 Å². The number of ether oxygens (including phenoxy) is 1. The second kappa shape index (κ2) is 4.74. The second-order valence-electron chi connectivity index (χ2n) is 4.72. The lowest BCUT2D eigenvalue weighted by molar-refractivity contribution is -0.157. The van der Waals surface area contributed by atoms with Crippen LogP contribution >= 0.6 is 11.8 Å². The fraction of sp³-hybridized carbons (Fsp3) is 0.900. The van der Waals surface area contributed by atoms with Crippen molar-refractivity contribution in [1.82, 2.24) is 4.90 Å². The number of amidine groups is 1.